The Morgan fingerprint density at radius 1 is 1.11 bits per heavy atom. The number of carbonyl (C=O) groups is 1. The van der Waals surface area contributed by atoms with Crippen LogP contribution in [0.25, 0.3) is 0 Å². The number of amides is 1. The first kappa shape index (κ1) is 20.2. The Kier molecular flexibility index (Phi) is 6.93. The Bertz CT molecular complexity index is 769. The van der Waals surface area contributed by atoms with E-state index in [9.17, 15) is 9.90 Å². The van der Waals surface area contributed by atoms with Gasteiger partial charge in [0.1, 0.15) is 11.5 Å². The third kappa shape index (κ3) is 5.04. The monoisotopic (exact) mass is 383 g/mol. The molecule has 0 saturated carbocycles. The zero-order chi connectivity index (χ0) is 19.9. The summed E-state index contributed by atoms with van der Waals surface area (Å²) in [7, 11) is 3.21. The second-order valence-electron chi connectivity index (χ2n) is 7.33. The summed E-state index contributed by atoms with van der Waals surface area (Å²) in [5, 5.41) is 10.6. The minimum atomic E-state index is -0.360. The van der Waals surface area contributed by atoms with Gasteiger partial charge in [0, 0.05) is 24.7 Å². The van der Waals surface area contributed by atoms with Gasteiger partial charge in [-0.15, -0.1) is 0 Å². The third-order valence-corrected chi connectivity index (χ3v) is 5.56. The molecule has 1 fully saturated rings. The van der Waals surface area contributed by atoms with E-state index in [-0.39, 0.29) is 17.9 Å². The maximum absolute atomic E-state index is 12.7. The van der Waals surface area contributed by atoms with Gasteiger partial charge in [-0.3, -0.25) is 4.79 Å². The van der Waals surface area contributed by atoms with Crippen molar-refractivity contribution < 1.29 is 19.4 Å². The van der Waals surface area contributed by atoms with Crippen LogP contribution in [0.3, 0.4) is 0 Å². The maximum atomic E-state index is 12.7. The molecule has 0 spiro atoms. The van der Waals surface area contributed by atoms with Crippen LogP contribution in [-0.4, -0.2) is 49.3 Å². The van der Waals surface area contributed by atoms with Crippen molar-refractivity contribution in [2.75, 3.05) is 27.3 Å². The highest BCUT2D eigenvalue weighted by Crippen LogP contribution is 2.27. The summed E-state index contributed by atoms with van der Waals surface area (Å²) < 4.78 is 10.6. The molecule has 1 aliphatic heterocycles. The molecule has 5 heteroatoms. The highest BCUT2D eigenvalue weighted by atomic mass is 16.5. The molecular formula is C23H29NO4. The number of aliphatic hydroxyl groups excluding tert-OH is 1. The quantitative estimate of drug-likeness (QED) is 0.798. The van der Waals surface area contributed by atoms with Gasteiger partial charge in [0.2, 0.25) is 5.91 Å². The average Bonchev–Trinajstić information content (AvgIpc) is 2.74. The molecule has 0 aliphatic carbocycles. The van der Waals surface area contributed by atoms with E-state index >= 15 is 0 Å². The minimum Gasteiger partial charge on any atom is -0.497 e. The molecule has 1 amide bonds. The molecule has 0 unspecified atom stereocenters. The van der Waals surface area contributed by atoms with Crippen molar-refractivity contribution in [2.45, 2.75) is 31.8 Å². The Morgan fingerprint density at radius 2 is 1.82 bits per heavy atom. The summed E-state index contributed by atoms with van der Waals surface area (Å²) in [6, 6.07) is 15.6. The fraction of sp³-hybridized carbons (Fsp3) is 0.435. The Balaban J connectivity index is 1.52. The normalized spacial score (nSPS) is 15.9. The zero-order valence-corrected chi connectivity index (χ0v) is 16.6. The standard InChI is InChI=1S/C23H29NO4/c1-27-20-9-8-19(22(16-20)28-2)15-23(26)24-12-10-18(11-13-24)21(25)14-17-6-4-3-5-7-17/h3-9,16,18,21,25H,10-15H2,1-2H3/t21-/m0/s1. The van der Waals surface area contributed by atoms with Crippen molar-refractivity contribution in [1.29, 1.82) is 0 Å². The van der Waals surface area contributed by atoms with Crippen LogP contribution >= 0.6 is 0 Å². The van der Waals surface area contributed by atoms with E-state index in [0.29, 0.717) is 37.4 Å². The van der Waals surface area contributed by atoms with Crippen LogP contribution in [0.5, 0.6) is 11.5 Å². The van der Waals surface area contributed by atoms with Gasteiger partial charge in [0.25, 0.3) is 0 Å². The van der Waals surface area contributed by atoms with Gasteiger partial charge in [0.05, 0.1) is 26.7 Å². The fourth-order valence-corrected chi connectivity index (χ4v) is 3.83. The number of hydrogen-bond donors (Lipinski definition) is 1. The molecule has 2 aromatic carbocycles. The highest BCUT2D eigenvalue weighted by molar-refractivity contribution is 5.79. The van der Waals surface area contributed by atoms with Crippen LogP contribution in [-0.2, 0) is 17.6 Å². The van der Waals surface area contributed by atoms with Crippen molar-refractivity contribution in [1.82, 2.24) is 4.90 Å². The van der Waals surface area contributed by atoms with Crippen LogP contribution < -0.4 is 9.47 Å². The first-order valence-electron chi connectivity index (χ1n) is 9.81. The summed E-state index contributed by atoms with van der Waals surface area (Å²) in [6.07, 6.45) is 2.28. The molecule has 5 nitrogen and oxygen atoms in total. The number of benzene rings is 2. The predicted octanol–water partition coefficient (Wildman–Crippen LogP) is 3.09. The number of hydrogen-bond acceptors (Lipinski definition) is 4. The molecule has 1 heterocycles. The first-order chi connectivity index (χ1) is 13.6. The van der Waals surface area contributed by atoms with E-state index in [1.54, 1.807) is 20.3 Å². The van der Waals surface area contributed by atoms with Gasteiger partial charge in [-0.25, -0.2) is 0 Å². The van der Waals surface area contributed by atoms with E-state index in [4.69, 9.17) is 9.47 Å². The van der Waals surface area contributed by atoms with Crippen molar-refractivity contribution in [3.8, 4) is 11.5 Å². The summed E-state index contributed by atoms with van der Waals surface area (Å²) in [6.45, 7) is 1.38. The zero-order valence-electron chi connectivity index (χ0n) is 16.6. The topological polar surface area (TPSA) is 59.0 Å². The Hall–Kier alpha value is -2.53. The van der Waals surface area contributed by atoms with Gasteiger partial charge in [0.15, 0.2) is 0 Å². The molecule has 0 radical (unpaired) electrons. The molecule has 1 aliphatic rings. The maximum Gasteiger partial charge on any atom is 0.227 e. The molecule has 3 rings (SSSR count). The number of methoxy groups -OCH3 is 2. The van der Waals surface area contributed by atoms with Crippen LogP contribution in [0.1, 0.15) is 24.0 Å². The van der Waals surface area contributed by atoms with E-state index < -0.39 is 0 Å². The number of ether oxygens (including phenoxy) is 2. The summed E-state index contributed by atoms with van der Waals surface area (Å²) >= 11 is 0. The second-order valence-corrected chi connectivity index (χ2v) is 7.33. The molecule has 1 saturated heterocycles. The van der Waals surface area contributed by atoms with E-state index in [1.807, 2.05) is 47.4 Å². The minimum absolute atomic E-state index is 0.0967. The average molecular weight is 383 g/mol. The van der Waals surface area contributed by atoms with Crippen molar-refractivity contribution >= 4 is 5.91 Å². The lowest BCUT2D eigenvalue weighted by Gasteiger charge is -2.34. The number of carbonyl (C=O) groups excluding carboxylic acids is 1. The Morgan fingerprint density at radius 3 is 2.46 bits per heavy atom. The molecule has 2 aromatic rings. The SMILES string of the molecule is COc1ccc(CC(=O)N2CCC([C@@H](O)Cc3ccccc3)CC2)c(OC)c1. The highest BCUT2D eigenvalue weighted by Gasteiger charge is 2.27. The summed E-state index contributed by atoms with van der Waals surface area (Å²) in [4.78, 5) is 14.6. The van der Waals surface area contributed by atoms with Gasteiger partial charge < -0.3 is 19.5 Å². The molecular weight excluding hydrogens is 354 g/mol. The summed E-state index contributed by atoms with van der Waals surface area (Å²) in [5.41, 5.74) is 2.01. The number of likely N-dealkylation sites (tertiary alicyclic amines) is 1. The van der Waals surface area contributed by atoms with E-state index in [2.05, 4.69) is 0 Å². The lowest BCUT2D eigenvalue weighted by Crippen LogP contribution is -2.42. The Labute approximate surface area is 166 Å². The fourth-order valence-electron chi connectivity index (χ4n) is 3.83. The van der Waals surface area contributed by atoms with E-state index in [0.717, 1.165) is 24.0 Å². The van der Waals surface area contributed by atoms with Crippen molar-refractivity contribution in [2.24, 2.45) is 5.92 Å². The van der Waals surface area contributed by atoms with Crippen LogP contribution in [0.4, 0.5) is 0 Å². The molecule has 1 N–H and O–H groups in total. The lowest BCUT2D eigenvalue weighted by atomic mass is 9.88. The van der Waals surface area contributed by atoms with E-state index in [1.165, 1.54) is 0 Å². The van der Waals surface area contributed by atoms with Gasteiger partial charge >= 0.3 is 0 Å². The molecule has 0 aromatic heterocycles. The van der Waals surface area contributed by atoms with Crippen LogP contribution in [0, 0.1) is 5.92 Å². The first-order valence-corrected chi connectivity index (χ1v) is 9.81. The smallest absolute Gasteiger partial charge is 0.227 e. The number of aliphatic hydroxyl groups is 1. The van der Waals surface area contributed by atoms with Gasteiger partial charge in [-0.05, 0) is 36.8 Å². The number of piperidine rings is 1. The lowest BCUT2D eigenvalue weighted by molar-refractivity contribution is -0.132. The summed E-state index contributed by atoms with van der Waals surface area (Å²) in [5.74, 6) is 1.71. The van der Waals surface area contributed by atoms with Crippen LogP contribution in [0.15, 0.2) is 48.5 Å². The molecule has 150 valence electrons. The molecule has 28 heavy (non-hydrogen) atoms. The van der Waals surface area contributed by atoms with Crippen molar-refractivity contribution in [3.63, 3.8) is 0 Å². The van der Waals surface area contributed by atoms with Crippen LogP contribution in [0.2, 0.25) is 0 Å². The largest absolute Gasteiger partial charge is 0.497 e. The van der Waals surface area contributed by atoms with Crippen molar-refractivity contribution in [3.05, 3.63) is 59.7 Å². The number of nitrogens with zero attached hydrogens (tertiary/aromatic N) is 1. The second kappa shape index (κ2) is 9.60. The predicted molar refractivity (Wildman–Crippen MR) is 109 cm³/mol. The number of rotatable bonds is 7. The van der Waals surface area contributed by atoms with Gasteiger partial charge in [-0.2, -0.15) is 0 Å². The third-order valence-electron chi connectivity index (χ3n) is 5.56. The molecule has 0 bridgehead atoms. The van der Waals surface area contributed by atoms with Gasteiger partial charge in [-0.1, -0.05) is 36.4 Å². The molecule has 1 atom stereocenters.